The third kappa shape index (κ3) is 4.43. The Kier molecular flexibility index (Phi) is 5.11. The first-order chi connectivity index (χ1) is 10.1. The molecule has 1 aromatic heterocycles. The Balaban J connectivity index is 1.93. The van der Waals surface area contributed by atoms with Crippen molar-refractivity contribution in [2.45, 2.75) is 12.8 Å². The van der Waals surface area contributed by atoms with Crippen LogP contribution in [-0.4, -0.2) is 43.0 Å². The maximum atomic E-state index is 11.9. The van der Waals surface area contributed by atoms with Crippen molar-refractivity contribution in [3.8, 4) is 0 Å². The smallest absolute Gasteiger partial charge is 0.226 e. The minimum absolute atomic E-state index is 0.00453. The average molecular weight is 286 g/mol. The van der Waals surface area contributed by atoms with Gasteiger partial charge < -0.3 is 16.0 Å². The Hall–Kier alpha value is -2.14. The van der Waals surface area contributed by atoms with E-state index in [-0.39, 0.29) is 12.3 Å². The molecule has 2 aromatic rings. The molecule has 5 nitrogen and oxygen atoms in total. The van der Waals surface area contributed by atoms with E-state index < -0.39 is 0 Å². The van der Waals surface area contributed by atoms with Crippen LogP contribution < -0.4 is 11.1 Å². The van der Waals surface area contributed by atoms with E-state index in [4.69, 9.17) is 5.73 Å². The van der Waals surface area contributed by atoms with Gasteiger partial charge in [0.05, 0.1) is 23.3 Å². The van der Waals surface area contributed by atoms with E-state index in [9.17, 15) is 4.79 Å². The molecule has 2 rings (SSSR count). The monoisotopic (exact) mass is 286 g/mol. The number of hydrogen-bond acceptors (Lipinski definition) is 4. The molecule has 112 valence electrons. The minimum atomic E-state index is -0.00453. The van der Waals surface area contributed by atoms with Crippen LogP contribution in [0.2, 0.25) is 0 Å². The number of carbonyl (C=O) groups excluding carboxylic acids is 1. The van der Waals surface area contributed by atoms with E-state index >= 15 is 0 Å². The molecular weight excluding hydrogens is 264 g/mol. The number of nitrogens with two attached hydrogens (primary N) is 1. The van der Waals surface area contributed by atoms with Crippen molar-refractivity contribution in [2.75, 3.05) is 32.9 Å². The summed E-state index contributed by atoms with van der Waals surface area (Å²) in [5.74, 6) is -0.00453. The molecular formula is C16H22N4O. The van der Waals surface area contributed by atoms with Crippen molar-refractivity contribution >= 4 is 22.5 Å². The predicted molar refractivity (Wildman–Crippen MR) is 86.0 cm³/mol. The summed E-state index contributed by atoms with van der Waals surface area (Å²) in [4.78, 5) is 18.5. The fourth-order valence-electron chi connectivity index (χ4n) is 2.16. The van der Waals surface area contributed by atoms with Crippen molar-refractivity contribution in [1.29, 1.82) is 0 Å². The van der Waals surface area contributed by atoms with Crippen LogP contribution in [0.4, 0.5) is 5.69 Å². The second-order valence-corrected chi connectivity index (χ2v) is 5.41. The molecule has 0 atom stereocenters. The molecule has 0 radical (unpaired) electrons. The molecule has 0 saturated carbocycles. The molecule has 0 fully saturated rings. The van der Waals surface area contributed by atoms with Crippen molar-refractivity contribution < 1.29 is 4.79 Å². The highest BCUT2D eigenvalue weighted by atomic mass is 16.1. The van der Waals surface area contributed by atoms with Gasteiger partial charge in [0.1, 0.15) is 0 Å². The van der Waals surface area contributed by atoms with Crippen molar-refractivity contribution in [2.24, 2.45) is 0 Å². The number of aromatic nitrogens is 1. The number of anilines is 1. The third-order valence-corrected chi connectivity index (χ3v) is 3.26. The number of carbonyl (C=O) groups is 1. The van der Waals surface area contributed by atoms with E-state index in [1.807, 2.05) is 44.4 Å². The second-order valence-electron chi connectivity index (χ2n) is 5.41. The molecule has 0 bridgehead atoms. The summed E-state index contributed by atoms with van der Waals surface area (Å²) >= 11 is 0. The summed E-state index contributed by atoms with van der Waals surface area (Å²) in [6.07, 6.45) is 1.23. The number of nitrogens with one attached hydrogen (secondary N) is 1. The van der Waals surface area contributed by atoms with Crippen LogP contribution in [0.3, 0.4) is 0 Å². The minimum Gasteiger partial charge on any atom is -0.397 e. The number of amides is 1. The number of rotatable bonds is 6. The highest BCUT2D eigenvalue weighted by Gasteiger charge is 2.06. The zero-order valence-electron chi connectivity index (χ0n) is 12.6. The number of nitrogen functional groups attached to an aromatic ring is 1. The number of fused-ring (bicyclic) bond motifs is 1. The van der Waals surface area contributed by atoms with Crippen molar-refractivity contribution in [3.63, 3.8) is 0 Å². The Labute approximate surface area is 125 Å². The van der Waals surface area contributed by atoms with E-state index in [0.717, 1.165) is 29.6 Å². The van der Waals surface area contributed by atoms with Crippen LogP contribution in [0.1, 0.15) is 12.1 Å². The molecule has 21 heavy (non-hydrogen) atoms. The zero-order valence-corrected chi connectivity index (χ0v) is 12.6. The molecule has 1 heterocycles. The maximum absolute atomic E-state index is 11.9. The van der Waals surface area contributed by atoms with Crippen LogP contribution in [0.25, 0.3) is 10.9 Å². The summed E-state index contributed by atoms with van der Waals surface area (Å²) in [6.45, 7) is 1.65. The number of benzene rings is 1. The molecule has 0 spiro atoms. The largest absolute Gasteiger partial charge is 0.397 e. The fourth-order valence-corrected chi connectivity index (χ4v) is 2.16. The van der Waals surface area contributed by atoms with E-state index in [1.54, 1.807) is 0 Å². The number of pyridine rings is 1. The Bertz CT molecular complexity index is 625. The van der Waals surface area contributed by atoms with Gasteiger partial charge in [0, 0.05) is 11.9 Å². The van der Waals surface area contributed by atoms with Crippen LogP contribution in [0.15, 0.2) is 30.3 Å². The average Bonchev–Trinajstić information content (AvgIpc) is 2.44. The van der Waals surface area contributed by atoms with Gasteiger partial charge in [0.25, 0.3) is 0 Å². The highest BCUT2D eigenvalue weighted by Crippen LogP contribution is 2.18. The molecule has 0 unspecified atom stereocenters. The number of hydrogen-bond donors (Lipinski definition) is 2. The second kappa shape index (κ2) is 7.04. The van der Waals surface area contributed by atoms with Gasteiger partial charge in [0.2, 0.25) is 5.91 Å². The first kappa shape index (κ1) is 15.3. The molecule has 1 amide bonds. The van der Waals surface area contributed by atoms with Gasteiger partial charge in [-0.2, -0.15) is 0 Å². The standard InChI is InChI=1S/C16H22N4O/c1-20(2)10-4-9-18-15(21)11-13-8-7-12-5-3-6-14(17)16(12)19-13/h3,5-8H,4,9-11,17H2,1-2H3,(H,18,21). The molecule has 3 N–H and O–H groups in total. The quantitative estimate of drug-likeness (QED) is 0.622. The van der Waals surface area contributed by atoms with E-state index in [2.05, 4.69) is 15.2 Å². The fraction of sp³-hybridized carbons (Fsp3) is 0.375. The Morgan fingerprint density at radius 1 is 1.29 bits per heavy atom. The molecule has 0 saturated heterocycles. The van der Waals surface area contributed by atoms with Gasteiger partial charge in [-0.05, 0) is 39.2 Å². The maximum Gasteiger partial charge on any atom is 0.226 e. The molecule has 5 heteroatoms. The van der Waals surface area contributed by atoms with Gasteiger partial charge in [-0.25, -0.2) is 0 Å². The van der Waals surface area contributed by atoms with Crippen LogP contribution >= 0.6 is 0 Å². The Morgan fingerprint density at radius 3 is 2.86 bits per heavy atom. The van der Waals surface area contributed by atoms with Crippen LogP contribution in [0.5, 0.6) is 0 Å². The first-order valence-corrected chi connectivity index (χ1v) is 7.12. The van der Waals surface area contributed by atoms with Gasteiger partial charge in [-0.3, -0.25) is 9.78 Å². The van der Waals surface area contributed by atoms with Crippen LogP contribution in [-0.2, 0) is 11.2 Å². The molecule has 1 aromatic carbocycles. The summed E-state index contributed by atoms with van der Waals surface area (Å²) in [7, 11) is 4.04. The lowest BCUT2D eigenvalue weighted by atomic mass is 10.1. The SMILES string of the molecule is CN(C)CCCNC(=O)Cc1ccc2cccc(N)c2n1. The van der Waals surface area contributed by atoms with Gasteiger partial charge >= 0.3 is 0 Å². The lowest BCUT2D eigenvalue weighted by molar-refractivity contribution is -0.120. The molecule has 0 aliphatic heterocycles. The first-order valence-electron chi connectivity index (χ1n) is 7.12. The molecule has 0 aliphatic carbocycles. The number of para-hydroxylation sites is 1. The highest BCUT2D eigenvalue weighted by molar-refractivity contribution is 5.89. The number of nitrogens with zero attached hydrogens (tertiary/aromatic N) is 2. The summed E-state index contributed by atoms with van der Waals surface area (Å²) in [6, 6.07) is 9.51. The van der Waals surface area contributed by atoms with Crippen molar-refractivity contribution in [1.82, 2.24) is 15.2 Å². The zero-order chi connectivity index (χ0) is 15.2. The lowest BCUT2D eigenvalue weighted by Gasteiger charge is -2.10. The van der Waals surface area contributed by atoms with Crippen molar-refractivity contribution in [3.05, 3.63) is 36.0 Å². The molecule has 0 aliphatic rings. The normalized spacial score (nSPS) is 11.0. The topological polar surface area (TPSA) is 71.2 Å². The van der Waals surface area contributed by atoms with E-state index in [0.29, 0.717) is 12.2 Å². The van der Waals surface area contributed by atoms with E-state index in [1.165, 1.54) is 0 Å². The Morgan fingerprint density at radius 2 is 2.10 bits per heavy atom. The van der Waals surface area contributed by atoms with Gasteiger partial charge in [-0.15, -0.1) is 0 Å². The summed E-state index contributed by atoms with van der Waals surface area (Å²) in [5, 5.41) is 3.90. The third-order valence-electron chi connectivity index (χ3n) is 3.26. The van der Waals surface area contributed by atoms with Crippen LogP contribution in [0, 0.1) is 0 Å². The summed E-state index contributed by atoms with van der Waals surface area (Å²) in [5.41, 5.74) is 8.06. The van der Waals surface area contributed by atoms with Gasteiger partial charge in [0.15, 0.2) is 0 Å². The summed E-state index contributed by atoms with van der Waals surface area (Å²) < 4.78 is 0. The lowest BCUT2D eigenvalue weighted by Crippen LogP contribution is -2.28. The predicted octanol–water partition coefficient (Wildman–Crippen LogP) is 1.43. The van der Waals surface area contributed by atoms with Gasteiger partial charge in [-0.1, -0.05) is 18.2 Å².